The zero-order chi connectivity index (χ0) is 30.3. The van der Waals surface area contributed by atoms with Gasteiger partial charge in [0.15, 0.2) is 0 Å². The molecule has 0 bridgehead atoms. The zero-order valence-corrected chi connectivity index (χ0v) is 25.1. The van der Waals surface area contributed by atoms with E-state index in [1.165, 1.54) is 0 Å². The molecule has 2 rings (SSSR count). The summed E-state index contributed by atoms with van der Waals surface area (Å²) in [5.41, 5.74) is -1.87. The molecule has 2 aliphatic heterocycles. The highest BCUT2D eigenvalue weighted by Crippen LogP contribution is 2.37. The van der Waals surface area contributed by atoms with Crippen molar-refractivity contribution in [1.29, 1.82) is 0 Å². The first-order valence-corrected chi connectivity index (χ1v) is 14.5. The molecule has 2 heterocycles. The first kappa shape index (κ1) is 34.2. The van der Waals surface area contributed by atoms with E-state index in [0.717, 1.165) is 0 Å². The van der Waals surface area contributed by atoms with E-state index in [2.05, 4.69) is 0 Å². The first-order valence-electron chi connectivity index (χ1n) is 14.5. The minimum Gasteiger partial charge on any atom is -0.457 e. The highest BCUT2D eigenvalue weighted by Gasteiger charge is 2.47. The van der Waals surface area contributed by atoms with Crippen molar-refractivity contribution < 1.29 is 44.2 Å². The van der Waals surface area contributed by atoms with E-state index in [4.69, 9.17) is 14.2 Å². The molecule has 0 spiro atoms. The van der Waals surface area contributed by atoms with E-state index in [9.17, 15) is 30.0 Å². The van der Waals surface area contributed by atoms with Crippen LogP contribution in [0.4, 0.5) is 0 Å². The van der Waals surface area contributed by atoms with Gasteiger partial charge in [-0.3, -0.25) is 9.59 Å². The zero-order valence-electron chi connectivity index (χ0n) is 25.1. The molecular weight excluding hydrogens is 516 g/mol. The van der Waals surface area contributed by atoms with Crippen LogP contribution in [-0.4, -0.2) is 80.2 Å². The van der Waals surface area contributed by atoms with Crippen LogP contribution in [0.25, 0.3) is 0 Å². The summed E-state index contributed by atoms with van der Waals surface area (Å²) in [6.07, 6.45) is 6.44. The quantitative estimate of drug-likeness (QED) is 0.135. The topological polar surface area (TPSA) is 146 Å². The van der Waals surface area contributed by atoms with Gasteiger partial charge in [-0.15, -0.1) is 0 Å². The summed E-state index contributed by atoms with van der Waals surface area (Å²) in [5, 5.41) is 42.4. The third-order valence-corrected chi connectivity index (χ3v) is 7.91. The molecule has 0 saturated carbocycles. The number of hydrogen-bond donors (Lipinski definition) is 4. The molecule has 9 nitrogen and oxygen atoms in total. The van der Waals surface area contributed by atoms with Crippen molar-refractivity contribution in [1.82, 2.24) is 0 Å². The summed E-state index contributed by atoms with van der Waals surface area (Å²) in [4.78, 5) is 24.7. The number of carbonyl (C=O) groups is 2. The monoisotopic (exact) mass is 566 g/mol. The van der Waals surface area contributed by atoms with Crippen molar-refractivity contribution in [3.8, 4) is 0 Å². The van der Waals surface area contributed by atoms with Crippen LogP contribution < -0.4 is 0 Å². The molecule has 0 aromatic carbocycles. The Kier molecular flexibility index (Phi) is 12.6. The van der Waals surface area contributed by atoms with Crippen molar-refractivity contribution in [3.63, 3.8) is 0 Å². The Morgan fingerprint density at radius 2 is 2.00 bits per heavy atom. The van der Waals surface area contributed by atoms with Gasteiger partial charge >= 0.3 is 11.9 Å². The van der Waals surface area contributed by atoms with Crippen molar-refractivity contribution in [2.45, 2.75) is 135 Å². The van der Waals surface area contributed by atoms with Crippen molar-refractivity contribution >= 4 is 11.9 Å². The molecule has 0 amide bonds. The smallest absolute Gasteiger partial charge is 0.309 e. The Morgan fingerprint density at radius 3 is 2.62 bits per heavy atom. The molecule has 0 aliphatic carbocycles. The molecule has 228 valence electrons. The van der Waals surface area contributed by atoms with Gasteiger partial charge in [0.1, 0.15) is 17.8 Å². The molecule has 2 aliphatic rings. The fourth-order valence-corrected chi connectivity index (χ4v) is 5.03. The van der Waals surface area contributed by atoms with Gasteiger partial charge in [-0.1, -0.05) is 52.0 Å². The molecule has 4 N–H and O–H groups in total. The van der Waals surface area contributed by atoms with Gasteiger partial charge in [0.25, 0.3) is 0 Å². The van der Waals surface area contributed by atoms with E-state index in [-0.39, 0.29) is 49.7 Å². The second kappa shape index (κ2) is 14.7. The third-order valence-electron chi connectivity index (χ3n) is 7.91. The number of esters is 2. The summed E-state index contributed by atoms with van der Waals surface area (Å²) >= 11 is 0. The van der Waals surface area contributed by atoms with Crippen LogP contribution >= 0.6 is 0 Å². The van der Waals surface area contributed by atoms with Gasteiger partial charge in [0, 0.05) is 24.7 Å². The normalized spacial score (nSPS) is 36.0. The van der Waals surface area contributed by atoms with Gasteiger partial charge in [0.05, 0.1) is 36.4 Å². The lowest BCUT2D eigenvalue weighted by molar-refractivity contribution is -0.159. The molecule has 0 radical (unpaired) electrons. The Balaban J connectivity index is 2.19. The van der Waals surface area contributed by atoms with E-state index in [1.807, 2.05) is 27.7 Å². The largest absolute Gasteiger partial charge is 0.457 e. The Bertz CT molecular complexity index is 935. The Hall–Kier alpha value is -2.04. The maximum atomic E-state index is 12.6. The van der Waals surface area contributed by atoms with Crippen molar-refractivity contribution in [2.75, 3.05) is 0 Å². The molecule has 10 atom stereocenters. The minimum absolute atomic E-state index is 0.00504. The van der Waals surface area contributed by atoms with Crippen LogP contribution in [0.15, 0.2) is 36.0 Å². The predicted molar refractivity (Wildman–Crippen MR) is 151 cm³/mol. The van der Waals surface area contributed by atoms with Crippen LogP contribution in [0.5, 0.6) is 0 Å². The van der Waals surface area contributed by atoms with E-state index in [1.54, 1.807) is 51.2 Å². The van der Waals surface area contributed by atoms with Gasteiger partial charge in [-0.2, -0.15) is 0 Å². The van der Waals surface area contributed by atoms with Crippen LogP contribution in [0.1, 0.15) is 87.0 Å². The summed E-state index contributed by atoms with van der Waals surface area (Å²) in [7, 11) is 0. The molecular formula is C31H50O9. The molecule has 0 aromatic rings. The van der Waals surface area contributed by atoms with Crippen LogP contribution in [-0.2, 0) is 23.8 Å². The molecule has 0 aromatic heterocycles. The number of cyclic esters (lactones) is 1. The van der Waals surface area contributed by atoms with E-state index >= 15 is 0 Å². The van der Waals surface area contributed by atoms with Crippen molar-refractivity contribution in [2.24, 2.45) is 11.8 Å². The maximum Gasteiger partial charge on any atom is 0.309 e. The predicted octanol–water partition coefficient (Wildman–Crippen LogP) is 3.53. The molecule has 1 fully saturated rings. The lowest BCUT2D eigenvalue weighted by Gasteiger charge is -2.32. The van der Waals surface area contributed by atoms with Gasteiger partial charge in [0.2, 0.25) is 0 Å². The Labute approximate surface area is 238 Å². The number of epoxide rings is 1. The standard InChI is InChI=1S/C31H50O9/c1-8-23(33)21(5)29-24(38-29)18-30(6,36)15-10-11-19(3)28-20(4)12-13-25(39-26(34)9-2)31(7,37)16-14-22(32)17-27(35)40-28/h10-13,15,20-25,28-29,32-33,36-37H,8-9,14,16-18H2,1-7H3/b13-12+,15-10+,19-11+. The average molecular weight is 567 g/mol. The number of rotatable bonds is 10. The lowest BCUT2D eigenvalue weighted by atomic mass is 9.88. The summed E-state index contributed by atoms with van der Waals surface area (Å²) in [6.45, 7) is 12.4. The third kappa shape index (κ3) is 10.4. The first-order chi connectivity index (χ1) is 18.6. The van der Waals surface area contributed by atoms with E-state index < -0.39 is 47.6 Å². The number of ether oxygens (including phenoxy) is 3. The molecule has 9 heteroatoms. The average Bonchev–Trinajstić information content (AvgIpc) is 3.64. The number of aliphatic hydroxyl groups excluding tert-OH is 2. The maximum absolute atomic E-state index is 12.6. The highest BCUT2D eigenvalue weighted by molar-refractivity contribution is 5.70. The van der Waals surface area contributed by atoms with Gasteiger partial charge < -0.3 is 34.6 Å². The Morgan fingerprint density at radius 1 is 1.32 bits per heavy atom. The summed E-state index contributed by atoms with van der Waals surface area (Å²) < 4.78 is 17.0. The fourth-order valence-electron chi connectivity index (χ4n) is 5.03. The highest BCUT2D eigenvalue weighted by atomic mass is 16.6. The molecule has 1 saturated heterocycles. The van der Waals surface area contributed by atoms with Crippen LogP contribution in [0.3, 0.4) is 0 Å². The SMILES string of the molecule is CCC(=O)OC1/C=C/C(C)C(/C(C)=C/C=C/C(C)(O)CC2OC2C(C)C(O)CC)OC(=O)CC(O)CCC1(C)O. The second-order valence-electron chi connectivity index (χ2n) is 12.0. The second-order valence-corrected chi connectivity index (χ2v) is 12.0. The number of hydrogen-bond acceptors (Lipinski definition) is 9. The van der Waals surface area contributed by atoms with E-state index in [0.29, 0.717) is 18.4 Å². The van der Waals surface area contributed by atoms with Crippen molar-refractivity contribution in [3.05, 3.63) is 36.0 Å². The van der Waals surface area contributed by atoms with Gasteiger partial charge in [-0.05, 0) is 51.7 Å². The fraction of sp³-hybridized carbons (Fsp3) is 0.742. The number of allylic oxidation sites excluding steroid dienone is 2. The minimum atomic E-state index is -1.43. The number of aliphatic hydroxyl groups is 4. The number of carbonyl (C=O) groups excluding carboxylic acids is 2. The molecule has 10 unspecified atom stereocenters. The van der Waals surface area contributed by atoms with Crippen LogP contribution in [0.2, 0.25) is 0 Å². The summed E-state index contributed by atoms with van der Waals surface area (Å²) in [5.74, 6) is -1.37. The molecule has 40 heavy (non-hydrogen) atoms. The lowest BCUT2D eigenvalue weighted by Crippen LogP contribution is -2.42. The van der Waals surface area contributed by atoms with Gasteiger partial charge in [-0.25, -0.2) is 0 Å². The van der Waals surface area contributed by atoms with Crippen LogP contribution in [0, 0.1) is 11.8 Å². The summed E-state index contributed by atoms with van der Waals surface area (Å²) in [6, 6.07) is 0.